The number of thiazole rings is 1. The van der Waals surface area contributed by atoms with E-state index in [9.17, 15) is 18.0 Å². The standard InChI is InChI=1S/C25H23N3O6S2/c1-15-12-28(13-16(2)33-15)36(31,32)19-9-7-17(8-10-19)23(29)27-25-26-21(14-35-25)20-11-18-5-3-4-6-22(18)34-24(20)30/h3-11,14-16H,12-13H2,1-2H3,(H,26,27,29). The molecule has 4 aromatic rings. The first-order chi connectivity index (χ1) is 17.2. The van der Waals surface area contributed by atoms with Crippen LogP contribution in [0.4, 0.5) is 5.13 Å². The smallest absolute Gasteiger partial charge is 0.345 e. The van der Waals surface area contributed by atoms with Gasteiger partial charge in [-0.05, 0) is 50.2 Å². The van der Waals surface area contributed by atoms with Crippen LogP contribution in [-0.2, 0) is 14.8 Å². The van der Waals surface area contributed by atoms with E-state index >= 15 is 0 Å². The molecule has 0 saturated carbocycles. The Kier molecular flexibility index (Phi) is 6.47. The normalized spacial score (nSPS) is 18.8. The van der Waals surface area contributed by atoms with Crippen LogP contribution in [0.3, 0.4) is 0 Å². The average molecular weight is 526 g/mol. The molecule has 2 aromatic heterocycles. The van der Waals surface area contributed by atoms with Crippen molar-refractivity contribution in [2.24, 2.45) is 0 Å². The van der Waals surface area contributed by atoms with E-state index in [4.69, 9.17) is 9.15 Å². The van der Waals surface area contributed by atoms with Gasteiger partial charge in [0.15, 0.2) is 5.13 Å². The Balaban J connectivity index is 1.31. The minimum absolute atomic E-state index is 0.111. The van der Waals surface area contributed by atoms with Crippen molar-refractivity contribution < 1.29 is 22.4 Å². The van der Waals surface area contributed by atoms with E-state index in [-0.39, 0.29) is 35.8 Å². The van der Waals surface area contributed by atoms with Gasteiger partial charge in [0, 0.05) is 29.4 Å². The van der Waals surface area contributed by atoms with E-state index in [0.29, 0.717) is 22.0 Å². The van der Waals surface area contributed by atoms with Crippen LogP contribution in [0.25, 0.3) is 22.2 Å². The first kappa shape index (κ1) is 24.3. The maximum atomic E-state index is 13.0. The lowest BCUT2D eigenvalue weighted by Crippen LogP contribution is -2.48. The molecule has 0 bridgehead atoms. The topological polar surface area (TPSA) is 119 Å². The molecule has 36 heavy (non-hydrogen) atoms. The number of nitrogens with one attached hydrogen (secondary N) is 1. The number of carbonyl (C=O) groups excluding carboxylic acids is 1. The molecule has 1 saturated heterocycles. The summed E-state index contributed by atoms with van der Waals surface area (Å²) in [5, 5.41) is 5.43. The lowest BCUT2D eigenvalue weighted by Gasteiger charge is -2.34. The molecule has 0 aliphatic carbocycles. The Morgan fingerprint density at radius 3 is 2.50 bits per heavy atom. The molecule has 186 valence electrons. The zero-order chi connectivity index (χ0) is 25.4. The number of carbonyl (C=O) groups is 1. The van der Waals surface area contributed by atoms with Crippen LogP contribution in [0.1, 0.15) is 24.2 Å². The highest BCUT2D eigenvalue weighted by Gasteiger charge is 2.32. The van der Waals surface area contributed by atoms with Crippen molar-refractivity contribution in [3.63, 3.8) is 0 Å². The fourth-order valence-electron chi connectivity index (χ4n) is 4.12. The molecule has 2 unspecified atom stereocenters. The fraction of sp³-hybridized carbons (Fsp3) is 0.240. The molecule has 2 aromatic carbocycles. The highest BCUT2D eigenvalue weighted by Crippen LogP contribution is 2.26. The van der Waals surface area contributed by atoms with Crippen LogP contribution in [-0.4, -0.2) is 48.9 Å². The van der Waals surface area contributed by atoms with Crippen molar-refractivity contribution in [2.45, 2.75) is 31.0 Å². The van der Waals surface area contributed by atoms with Gasteiger partial charge >= 0.3 is 5.63 Å². The Morgan fingerprint density at radius 1 is 1.08 bits per heavy atom. The molecule has 1 N–H and O–H groups in total. The molecule has 5 rings (SSSR count). The minimum atomic E-state index is -3.70. The summed E-state index contributed by atoms with van der Waals surface area (Å²) in [6.07, 6.45) is -0.393. The number of hydrogen-bond donors (Lipinski definition) is 1. The van der Waals surface area contributed by atoms with Crippen LogP contribution in [0.2, 0.25) is 0 Å². The van der Waals surface area contributed by atoms with E-state index in [1.807, 2.05) is 26.0 Å². The molecule has 9 nitrogen and oxygen atoms in total. The molecule has 1 fully saturated rings. The lowest BCUT2D eigenvalue weighted by atomic mass is 10.1. The van der Waals surface area contributed by atoms with E-state index in [1.165, 1.54) is 39.9 Å². The molecule has 3 heterocycles. The second-order valence-electron chi connectivity index (χ2n) is 8.58. The maximum absolute atomic E-state index is 13.0. The molecule has 0 radical (unpaired) electrons. The highest BCUT2D eigenvalue weighted by atomic mass is 32.2. The first-order valence-electron chi connectivity index (χ1n) is 11.3. The highest BCUT2D eigenvalue weighted by molar-refractivity contribution is 7.89. The van der Waals surface area contributed by atoms with Crippen molar-refractivity contribution in [3.8, 4) is 11.3 Å². The minimum Gasteiger partial charge on any atom is -0.422 e. The largest absolute Gasteiger partial charge is 0.422 e. The quantitative estimate of drug-likeness (QED) is 0.392. The first-order valence-corrected chi connectivity index (χ1v) is 13.6. The number of morpholine rings is 1. The molecule has 1 amide bonds. The zero-order valence-corrected chi connectivity index (χ0v) is 21.1. The summed E-state index contributed by atoms with van der Waals surface area (Å²) in [7, 11) is -3.70. The Morgan fingerprint density at radius 2 is 1.78 bits per heavy atom. The van der Waals surface area contributed by atoms with Crippen LogP contribution >= 0.6 is 11.3 Å². The second kappa shape index (κ2) is 9.58. The number of amides is 1. The third-order valence-electron chi connectivity index (χ3n) is 5.78. The molecular formula is C25H23N3O6S2. The van der Waals surface area contributed by atoms with Gasteiger partial charge in [0.25, 0.3) is 5.91 Å². The van der Waals surface area contributed by atoms with Gasteiger partial charge in [0.05, 0.1) is 28.4 Å². The number of para-hydroxylation sites is 1. The molecular weight excluding hydrogens is 502 g/mol. The van der Waals surface area contributed by atoms with Crippen LogP contribution in [0.15, 0.2) is 74.1 Å². The van der Waals surface area contributed by atoms with E-state index in [1.54, 1.807) is 23.6 Å². The molecule has 2 atom stereocenters. The number of ether oxygens (including phenoxy) is 1. The molecule has 11 heteroatoms. The number of fused-ring (bicyclic) bond motifs is 1. The predicted molar refractivity (Wildman–Crippen MR) is 137 cm³/mol. The van der Waals surface area contributed by atoms with Gasteiger partial charge in [-0.25, -0.2) is 18.2 Å². The zero-order valence-electron chi connectivity index (χ0n) is 19.5. The Labute approximate surface area is 211 Å². The molecule has 1 aliphatic rings. The summed E-state index contributed by atoms with van der Waals surface area (Å²) in [5.41, 5.74) is 0.937. The van der Waals surface area contributed by atoms with E-state index < -0.39 is 21.6 Å². The van der Waals surface area contributed by atoms with Crippen LogP contribution in [0, 0.1) is 0 Å². The summed E-state index contributed by atoms with van der Waals surface area (Å²) in [4.78, 5) is 29.6. The lowest BCUT2D eigenvalue weighted by molar-refractivity contribution is -0.0440. The van der Waals surface area contributed by atoms with Gasteiger partial charge in [-0.1, -0.05) is 18.2 Å². The van der Waals surface area contributed by atoms with Crippen molar-refractivity contribution in [2.75, 3.05) is 18.4 Å². The van der Waals surface area contributed by atoms with Gasteiger partial charge < -0.3 is 9.15 Å². The summed E-state index contributed by atoms with van der Waals surface area (Å²) >= 11 is 1.17. The van der Waals surface area contributed by atoms with Gasteiger partial charge in [-0.15, -0.1) is 11.3 Å². The average Bonchev–Trinajstić information content (AvgIpc) is 3.31. The summed E-state index contributed by atoms with van der Waals surface area (Å²) in [6, 6.07) is 14.6. The Bertz CT molecular complexity index is 1580. The number of anilines is 1. The molecule has 1 aliphatic heterocycles. The number of benzene rings is 2. The van der Waals surface area contributed by atoms with Crippen molar-refractivity contribution >= 4 is 43.4 Å². The number of hydrogen-bond acceptors (Lipinski definition) is 8. The number of nitrogens with zero attached hydrogens (tertiary/aromatic N) is 2. The summed E-state index contributed by atoms with van der Waals surface area (Å²) in [5.74, 6) is -0.445. The van der Waals surface area contributed by atoms with Crippen molar-refractivity contribution in [3.05, 3.63) is 76.0 Å². The van der Waals surface area contributed by atoms with Gasteiger partial charge in [-0.3, -0.25) is 10.1 Å². The number of sulfonamides is 1. The maximum Gasteiger partial charge on any atom is 0.345 e. The third kappa shape index (κ3) is 4.82. The SMILES string of the molecule is CC1CN(S(=O)(=O)c2ccc(C(=O)Nc3nc(-c4cc5ccccc5oc4=O)cs3)cc2)CC(C)O1. The van der Waals surface area contributed by atoms with Crippen LogP contribution < -0.4 is 10.9 Å². The summed E-state index contributed by atoms with van der Waals surface area (Å²) in [6.45, 7) is 4.22. The summed E-state index contributed by atoms with van der Waals surface area (Å²) < 4.78 is 38.4. The van der Waals surface area contributed by atoms with Gasteiger partial charge in [0.1, 0.15) is 5.58 Å². The number of rotatable bonds is 5. The monoisotopic (exact) mass is 525 g/mol. The number of aromatic nitrogens is 1. The van der Waals surface area contributed by atoms with E-state index in [2.05, 4.69) is 10.3 Å². The van der Waals surface area contributed by atoms with Gasteiger partial charge in [-0.2, -0.15) is 4.31 Å². The van der Waals surface area contributed by atoms with Gasteiger partial charge in [0.2, 0.25) is 10.0 Å². The van der Waals surface area contributed by atoms with Crippen molar-refractivity contribution in [1.82, 2.24) is 9.29 Å². The third-order valence-corrected chi connectivity index (χ3v) is 8.39. The second-order valence-corrected chi connectivity index (χ2v) is 11.4. The Hall–Kier alpha value is -3.38. The predicted octanol–water partition coefficient (Wildman–Crippen LogP) is 3.97. The van der Waals surface area contributed by atoms with Crippen molar-refractivity contribution in [1.29, 1.82) is 0 Å². The fourth-order valence-corrected chi connectivity index (χ4v) is 6.42. The van der Waals surface area contributed by atoms with E-state index in [0.717, 1.165) is 5.39 Å². The van der Waals surface area contributed by atoms with Crippen LogP contribution in [0.5, 0.6) is 0 Å². The molecule has 0 spiro atoms.